The van der Waals surface area contributed by atoms with Gasteiger partial charge < -0.3 is 25.0 Å². The van der Waals surface area contributed by atoms with Gasteiger partial charge in [0.2, 0.25) is 11.9 Å². The fourth-order valence-electron chi connectivity index (χ4n) is 2.72. The number of fused-ring (bicyclic) bond motifs is 1. The number of aliphatic hydroxyl groups excluding tert-OH is 3. The average Bonchev–Trinajstić information content (AvgIpc) is 3.08. The number of nitrogens with one attached hydrogen (secondary N) is 1. The maximum absolute atomic E-state index is 11.3. The molecule has 0 spiro atoms. The van der Waals surface area contributed by atoms with Gasteiger partial charge in [-0.05, 0) is 0 Å². The Balaban J connectivity index is 2.11. The Kier molecular flexibility index (Phi) is 4.56. The number of hydrogen-bond donors (Lipinski definition) is 4. The van der Waals surface area contributed by atoms with Gasteiger partial charge in [-0.2, -0.15) is 9.97 Å². The molecule has 3 heterocycles. The van der Waals surface area contributed by atoms with Crippen LogP contribution in [0.1, 0.15) is 13.2 Å². The van der Waals surface area contributed by atoms with Crippen molar-refractivity contribution in [2.75, 3.05) is 30.9 Å². The van der Waals surface area contributed by atoms with Crippen molar-refractivity contribution in [2.24, 2.45) is 0 Å². The minimum Gasteiger partial charge on any atom is -0.394 e. The van der Waals surface area contributed by atoms with Gasteiger partial charge in [0.05, 0.1) is 12.9 Å². The van der Waals surface area contributed by atoms with Crippen molar-refractivity contribution in [1.82, 2.24) is 19.5 Å². The third-order valence-electron chi connectivity index (χ3n) is 3.91. The molecule has 136 valence electrons. The highest BCUT2D eigenvalue weighted by atomic mass is 16.6. The molecule has 2 aromatic rings. The highest BCUT2D eigenvalue weighted by Crippen LogP contribution is 2.33. The lowest BCUT2D eigenvalue weighted by Crippen LogP contribution is -2.33. The second kappa shape index (κ2) is 6.52. The van der Waals surface area contributed by atoms with Gasteiger partial charge in [-0.3, -0.25) is 14.7 Å². The van der Waals surface area contributed by atoms with Gasteiger partial charge in [0.15, 0.2) is 23.2 Å². The summed E-state index contributed by atoms with van der Waals surface area (Å²) in [6.45, 7) is 0.905. The van der Waals surface area contributed by atoms with Gasteiger partial charge in [-0.1, -0.05) is 0 Å². The Morgan fingerprint density at radius 3 is 2.64 bits per heavy atom. The standard InChI is InChI=1S/C14H20N6O5/c1-6(22)16-14-17-11(19(2)3)8-12(18-14)20(5-15-8)13-10(24)9(23)7(4-21)25-13/h5,7,9-10,13,21,23-24H,4H2,1-3H3,(H,16,17,18,22)/t7-,9-,10-,13-/m1/s1. The zero-order chi connectivity index (χ0) is 18.3. The maximum Gasteiger partial charge on any atom is 0.233 e. The normalized spacial score (nSPS) is 26.2. The summed E-state index contributed by atoms with van der Waals surface area (Å²) in [5, 5.41) is 31.9. The molecule has 0 unspecified atom stereocenters. The van der Waals surface area contributed by atoms with E-state index in [1.807, 2.05) is 0 Å². The fraction of sp³-hybridized carbons (Fsp3) is 0.571. The molecule has 0 saturated carbocycles. The van der Waals surface area contributed by atoms with Crippen LogP contribution in [0, 0.1) is 0 Å². The summed E-state index contributed by atoms with van der Waals surface area (Å²) in [4.78, 5) is 25.8. The SMILES string of the molecule is CC(=O)Nc1nc(N(C)C)c2ncn([C@@H]3O[C@H](CO)[C@@H](O)[C@H]3O)c2n1. The van der Waals surface area contributed by atoms with Crippen molar-refractivity contribution in [1.29, 1.82) is 0 Å². The molecular formula is C14H20N6O5. The van der Waals surface area contributed by atoms with E-state index in [1.165, 1.54) is 17.8 Å². The minimum absolute atomic E-state index is 0.0807. The van der Waals surface area contributed by atoms with E-state index in [9.17, 15) is 20.1 Å². The van der Waals surface area contributed by atoms with Gasteiger partial charge in [0.1, 0.15) is 18.3 Å². The molecule has 0 bridgehead atoms. The van der Waals surface area contributed by atoms with Crippen molar-refractivity contribution in [3.05, 3.63) is 6.33 Å². The third kappa shape index (κ3) is 3.02. The number of rotatable bonds is 4. The van der Waals surface area contributed by atoms with Crippen molar-refractivity contribution >= 4 is 28.8 Å². The van der Waals surface area contributed by atoms with Crippen molar-refractivity contribution in [2.45, 2.75) is 31.5 Å². The first-order chi connectivity index (χ1) is 11.8. The zero-order valence-corrected chi connectivity index (χ0v) is 14.0. The molecule has 0 radical (unpaired) electrons. The monoisotopic (exact) mass is 352 g/mol. The van der Waals surface area contributed by atoms with Crippen LogP contribution >= 0.6 is 0 Å². The molecule has 1 fully saturated rings. The molecule has 3 rings (SSSR count). The predicted molar refractivity (Wildman–Crippen MR) is 87.0 cm³/mol. The van der Waals surface area contributed by atoms with Gasteiger partial charge in [-0.25, -0.2) is 4.98 Å². The van der Waals surface area contributed by atoms with Crippen LogP contribution in [0.4, 0.5) is 11.8 Å². The van der Waals surface area contributed by atoms with Crippen LogP contribution < -0.4 is 10.2 Å². The molecule has 11 heteroatoms. The van der Waals surface area contributed by atoms with E-state index in [2.05, 4.69) is 20.3 Å². The molecule has 4 N–H and O–H groups in total. The zero-order valence-electron chi connectivity index (χ0n) is 14.0. The summed E-state index contributed by atoms with van der Waals surface area (Å²) in [6.07, 6.45) is -2.99. The van der Waals surface area contributed by atoms with Crippen LogP contribution in [-0.2, 0) is 9.53 Å². The van der Waals surface area contributed by atoms with Gasteiger partial charge in [-0.15, -0.1) is 0 Å². The highest BCUT2D eigenvalue weighted by Gasteiger charge is 2.44. The quantitative estimate of drug-likeness (QED) is 0.514. The average molecular weight is 352 g/mol. The Morgan fingerprint density at radius 1 is 1.36 bits per heavy atom. The predicted octanol–water partition coefficient (Wildman–Crippen LogP) is -1.54. The molecule has 0 aromatic carbocycles. The van der Waals surface area contributed by atoms with Crippen LogP contribution in [0.5, 0.6) is 0 Å². The number of amides is 1. The van der Waals surface area contributed by atoms with Crippen LogP contribution in [-0.4, -0.2) is 79.8 Å². The van der Waals surface area contributed by atoms with E-state index in [0.717, 1.165) is 0 Å². The second-order valence-electron chi connectivity index (χ2n) is 6.00. The van der Waals surface area contributed by atoms with E-state index in [4.69, 9.17) is 4.74 Å². The Morgan fingerprint density at radius 2 is 2.08 bits per heavy atom. The van der Waals surface area contributed by atoms with Crippen LogP contribution in [0.2, 0.25) is 0 Å². The topological polar surface area (TPSA) is 146 Å². The van der Waals surface area contributed by atoms with E-state index >= 15 is 0 Å². The summed E-state index contributed by atoms with van der Waals surface area (Å²) < 4.78 is 6.96. The molecular weight excluding hydrogens is 332 g/mol. The van der Waals surface area contributed by atoms with Crippen LogP contribution in [0.3, 0.4) is 0 Å². The number of hydrogen-bond acceptors (Lipinski definition) is 9. The van der Waals surface area contributed by atoms with E-state index in [0.29, 0.717) is 17.0 Å². The molecule has 4 atom stereocenters. The molecule has 1 aliphatic rings. The molecule has 2 aromatic heterocycles. The smallest absolute Gasteiger partial charge is 0.233 e. The summed E-state index contributed by atoms with van der Waals surface area (Å²) in [6, 6.07) is 0. The lowest BCUT2D eigenvalue weighted by atomic mass is 10.1. The number of ether oxygens (including phenoxy) is 1. The Hall–Kier alpha value is -2.34. The molecule has 11 nitrogen and oxygen atoms in total. The highest BCUT2D eigenvalue weighted by molar-refractivity contribution is 5.90. The second-order valence-corrected chi connectivity index (χ2v) is 6.00. The number of carbonyl (C=O) groups is 1. The van der Waals surface area contributed by atoms with Crippen LogP contribution in [0.15, 0.2) is 6.33 Å². The van der Waals surface area contributed by atoms with E-state index in [1.54, 1.807) is 19.0 Å². The maximum atomic E-state index is 11.3. The molecule has 0 aliphatic carbocycles. The fourth-order valence-corrected chi connectivity index (χ4v) is 2.72. The van der Waals surface area contributed by atoms with Crippen LogP contribution in [0.25, 0.3) is 11.2 Å². The molecule has 1 aliphatic heterocycles. The number of aliphatic hydroxyl groups is 3. The van der Waals surface area contributed by atoms with E-state index < -0.39 is 31.1 Å². The molecule has 25 heavy (non-hydrogen) atoms. The van der Waals surface area contributed by atoms with Gasteiger partial charge in [0.25, 0.3) is 0 Å². The lowest BCUT2D eigenvalue weighted by Gasteiger charge is -2.18. The van der Waals surface area contributed by atoms with Crippen molar-refractivity contribution < 1.29 is 24.9 Å². The number of aromatic nitrogens is 4. The van der Waals surface area contributed by atoms with Gasteiger partial charge in [0, 0.05) is 21.0 Å². The van der Waals surface area contributed by atoms with Crippen molar-refractivity contribution in [3.8, 4) is 0 Å². The number of anilines is 2. The Labute approximate surface area is 142 Å². The molecule has 1 amide bonds. The van der Waals surface area contributed by atoms with E-state index in [-0.39, 0.29) is 11.9 Å². The summed E-state index contributed by atoms with van der Waals surface area (Å²) in [5.41, 5.74) is 0.758. The largest absolute Gasteiger partial charge is 0.394 e. The first-order valence-corrected chi connectivity index (χ1v) is 7.65. The third-order valence-corrected chi connectivity index (χ3v) is 3.91. The first kappa shape index (κ1) is 17.5. The Bertz CT molecular complexity index is 793. The minimum atomic E-state index is -1.27. The summed E-state index contributed by atoms with van der Waals surface area (Å²) in [5.74, 6) is 0.222. The first-order valence-electron chi connectivity index (χ1n) is 7.65. The number of nitrogens with zero attached hydrogens (tertiary/aromatic N) is 5. The lowest BCUT2D eigenvalue weighted by molar-refractivity contribution is -0.114. The van der Waals surface area contributed by atoms with Gasteiger partial charge >= 0.3 is 0 Å². The summed E-state index contributed by atoms with van der Waals surface area (Å²) >= 11 is 0. The number of carbonyl (C=O) groups excluding carboxylic acids is 1. The van der Waals surface area contributed by atoms with Crippen molar-refractivity contribution in [3.63, 3.8) is 0 Å². The summed E-state index contributed by atoms with van der Waals surface area (Å²) in [7, 11) is 3.54. The number of imidazole rings is 1. The molecule has 1 saturated heterocycles.